The van der Waals surface area contributed by atoms with Gasteiger partial charge in [0.2, 0.25) is 0 Å². The molecular weight excluding hydrogens is 410 g/mol. The number of benzene rings is 1. The zero-order valence-electron chi connectivity index (χ0n) is 12.2. The van der Waals surface area contributed by atoms with Gasteiger partial charge < -0.3 is 10.4 Å². The van der Waals surface area contributed by atoms with Crippen LogP contribution < -0.4 is 5.32 Å². The summed E-state index contributed by atoms with van der Waals surface area (Å²) in [5, 5.41) is 14.5. The average Bonchev–Trinajstić information content (AvgIpc) is 3.27. The van der Waals surface area contributed by atoms with Gasteiger partial charge in [0.05, 0.1) is 4.47 Å². The van der Waals surface area contributed by atoms with E-state index in [0.29, 0.717) is 10.8 Å². The molecule has 1 heterocycles. The van der Waals surface area contributed by atoms with Gasteiger partial charge in [0.25, 0.3) is 0 Å². The topological polar surface area (TPSA) is 35.5 Å². The van der Waals surface area contributed by atoms with Gasteiger partial charge in [0.1, 0.15) is 5.75 Å². The molecule has 0 aromatic heterocycles. The summed E-state index contributed by atoms with van der Waals surface area (Å²) in [4.78, 5) is 2.46. The molecule has 0 amide bonds. The molecule has 1 aromatic rings. The number of piperazine rings is 1. The van der Waals surface area contributed by atoms with Crippen molar-refractivity contribution in [2.45, 2.75) is 25.3 Å². The molecule has 1 aliphatic carbocycles. The van der Waals surface area contributed by atoms with Crippen LogP contribution in [0.1, 0.15) is 30.9 Å². The summed E-state index contributed by atoms with van der Waals surface area (Å²) in [6, 6.07) is 3.92. The Kier molecular flexibility index (Phi) is 8.27. The summed E-state index contributed by atoms with van der Waals surface area (Å²) in [6.45, 7) is 4.04. The van der Waals surface area contributed by atoms with Crippen molar-refractivity contribution in [3.63, 3.8) is 0 Å². The van der Waals surface area contributed by atoms with E-state index in [-0.39, 0.29) is 30.9 Å². The highest BCUT2D eigenvalue weighted by Gasteiger charge is 2.33. The lowest BCUT2D eigenvalue weighted by molar-refractivity contribution is 0.158. The zero-order valence-corrected chi connectivity index (χ0v) is 16.2. The van der Waals surface area contributed by atoms with E-state index in [1.807, 2.05) is 12.1 Å². The smallest absolute Gasteiger partial charge is 0.136 e. The summed E-state index contributed by atoms with van der Waals surface area (Å²) in [6.07, 6.45) is 3.73. The van der Waals surface area contributed by atoms with Crippen molar-refractivity contribution in [1.29, 1.82) is 0 Å². The van der Waals surface area contributed by atoms with Crippen LogP contribution in [0.5, 0.6) is 5.75 Å². The van der Waals surface area contributed by atoms with Crippen molar-refractivity contribution < 1.29 is 5.11 Å². The lowest BCUT2D eigenvalue weighted by atomic mass is 9.97. The zero-order chi connectivity index (χ0) is 14.1. The molecule has 3 rings (SSSR count). The van der Waals surface area contributed by atoms with Gasteiger partial charge in [-0.25, -0.2) is 0 Å². The van der Waals surface area contributed by atoms with Gasteiger partial charge >= 0.3 is 0 Å². The van der Waals surface area contributed by atoms with Crippen molar-refractivity contribution in [3.05, 3.63) is 27.2 Å². The first kappa shape index (κ1) is 20.3. The van der Waals surface area contributed by atoms with Crippen molar-refractivity contribution in [1.82, 2.24) is 10.2 Å². The van der Waals surface area contributed by atoms with Crippen LogP contribution in [-0.4, -0.2) is 36.2 Å². The molecule has 0 unspecified atom stereocenters. The largest absolute Gasteiger partial charge is 0.506 e. The Hall–Kier alpha value is 0.290. The molecule has 126 valence electrons. The minimum absolute atomic E-state index is 0. The fourth-order valence-electron chi connectivity index (χ4n) is 2.99. The summed E-state index contributed by atoms with van der Waals surface area (Å²) >= 11 is 9.81. The standard InChI is InChI=1S/C15H20BrClN2O.2ClH/c16-11-3-4-12(17)14(15(11)20)13(9-10-1-2-10)19-7-5-18-6-8-19;;/h3-4,10,13,18,20H,1-2,5-9H2;2*1H/t13-;;/m1../s1. The third kappa shape index (κ3) is 4.65. The molecule has 1 saturated heterocycles. The molecule has 0 radical (unpaired) electrons. The first-order valence-corrected chi connectivity index (χ1v) is 8.45. The fourth-order valence-corrected chi connectivity index (χ4v) is 3.61. The predicted molar refractivity (Wildman–Crippen MR) is 99.8 cm³/mol. The molecule has 22 heavy (non-hydrogen) atoms. The Morgan fingerprint density at radius 1 is 1.27 bits per heavy atom. The van der Waals surface area contributed by atoms with Crippen LogP contribution in [0.4, 0.5) is 0 Å². The highest BCUT2D eigenvalue weighted by Crippen LogP contribution is 2.46. The van der Waals surface area contributed by atoms with Crippen LogP contribution in [0.15, 0.2) is 16.6 Å². The van der Waals surface area contributed by atoms with E-state index < -0.39 is 0 Å². The summed E-state index contributed by atoms with van der Waals surface area (Å²) in [7, 11) is 0. The van der Waals surface area contributed by atoms with E-state index in [1.54, 1.807) is 0 Å². The number of aromatic hydroxyl groups is 1. The first-order chi connectivity index (χ1) is 9.66. The van der Waals surface area contributed by atoms with Crippen LogP contribution in [0.2, 0.25) is 5.02 Å². The minimum atomic E-state index is 0. The predicted octanol–water partition coefficient (Wildman–Crippen LogP) is 4.40. The lowest BCUT2D eigenvalue weighted by Gasteiger charge is -2.36. The third-order valence-electron chi connectivity index (χ3n) is 4.29. The maximum absolute atomic E-state index is 10.4. The number of phenolic OH excluding ortho intramolecular Hbond substituents is 1. The second-order valence-corrected chi connectivity index (χ2v) is 7.03. The highest BCUT2D eigenvalue weighted by molar-refractivity contribution is 9.10. The molecule has 0 spiro atoms. The molecule has 2 N–H and O–H groups in total. The number of rotatable bonds is 4. The minimum Gasteiger partial charge on any atom is -0.506 e. The Balaban J connectivity index is 0.00000121. The number of halogens is 4. The van der Waals surface area contributed by atoms with E-state index in [2.05, 4.69) is 26.1 Å². The van der Waals surface area contributed by atoms with Gasteiger partial charge in [0.15, 0.2) is 0 Å². The molecule has 2 fully saturated rings. The van der Waals surface area contributed by atoms with E-state index in [0.717, 1.165) is 48.6 Å². The number of nitrogens with zero attached hydrogens (tertiary/aromatic N) is 1. The Labute approximate surface area is 157 Å². The van der Waals surface area contributed by atoms with Crippen molar-refractivity contribution >= 4 is 52.3 Å². The number of hydrogen-bond acceptors (Lipinski definition) is 3. The fraction of sp³-hybridized carbons (Fsp3) is 0.600. The monoisotopic (exact) mass is 430 g/mol. The van der Waals surface area contributed by atoms with Gasteiger partial charge in [0, 0.05) is 42.8 Å². The lowest BCUT2D eigenvalue weighted by Crippen LogP contribution is -2.45. The maximum atomic E-state index is 10.4. The third-order valence-corrected chi connectivity index (χ3v) is 5.26. The van der Waals surface area contributed by atoms with E-state index in [9.17, 15) is 5.11 Å². The Morgan fingerprint density at radius 2 is 1.91 bits per heavy atom. The second-order valence-electron chi connectivity index (χ2n) is 5.77. The average molecular weight is 433 g/mol. The quantitative estimate of drug-likeness (QED) is 0.740. The molecule has 0 bridgehead atoms. The number of nitrogens with one attached hydrogen (secondary N) is 1. The number of phenols is 1. The van der Waals surface area contributed by atoms with Crippen LogP contribution in [0.25, 0.3) is 0 Å². The Bertz CT molecular complexity index is 494. The number of hydrogen-bond donors (Lipinski definition) is 2. The van der Waals surface area contributed by atoms with Gasteiger partial charge in [-0.05, 0) is 40.4 Å². The summed E-state index contributed by atoms with van der Waals surface area (Å²) in [5.41, 5.74) is 0.898. The van der Waals surface area contributed by atoms with Crippen LogP contribution in [0.3, 0.4) is 0 Å². The highest BCUT2D eigenvalue weighted by atomic mass is 79.9. The molecule has 1 atom stereocenters. The Morgan fingerprint density at radius 3 is 2.50 bits per heavy atom. The second kappa shape index (κ2) is 8.95. The molecule has 7 heteroatoms. The van der Waals surface area contributed by atoms with E-state index in [4.69, 9.17) is 11.6 Å². The van der Waals surface area contributed by atoms with Crippen LogP contribution in [0, 0.1) is 5.92 Å². The molecule has 3 nitrogen and oxygen atoms in total. The van der Waals surface area contributed by atoms with Crippen molar-refractivity contribution in [3.8, 4) is 5.75 Å². The maximum Gasteiger partial charge on any atom is 0.136 e. The van der Waals surface area contributed by atoms with Crippen LogP contribution >= 0.6 is 52.3 Å². The summed E-state index contributed by atoms with van der Waals surface area (Å²) < 4.78 is 0.729. The normalized spacial score (nSPS) is 19.9. The first-order valence-electron chi connectivity index (χ1n) is 7.28. The molecule has 2 aliphatic rings. The van der Waals surface area contributed by atoms with Gasteiger partial charge in [-0.2, -0.15) is 0 Å². The van der Waals surface area contributed by atoms with Gasteiger partial charge in [-0.15, -0.1) is 24.8 Å². The molecule has 1 saturated carbocycles. The van der Waals surface area contributed by atoms with E-state index >= 15 is 0 Å². The van der Waals surface area contributed by atoms with Crippen molar-refractivity contribution in [2.75, 3.05) is 26.2 Å². The van der Waals surface area contributed by atoms with Gasteiger partial charge in [-0.1, -0.05) is 24.4 Å². The molecule has 1 aliphatic heterocycles. The van der Waals surface area contributed by atoms with Crippen molar-refractivity contribution in [2.24, 2.45) is 5.92 Å². The molecular formula is C15H22BrCl3N2O. The van der Waals surface area contributed by atoms with E-state index in [1.165, 1.54) is 12.8 Å². The van der Waals surface area contributed by atoms with Gasteiger partial charge in [-0.3, -0.25) is 4.90 Å². The van der Waals surface area contributed by atoms with Crippen LogP contribution in [-0.2, 0) is 0 Å². The SMILES string of the molecule is Cl.Cl.Oc1c(Br)ccc(Cl)c1[C@@H](CC1CC1)N1CCNCC1. The summed E-state index contributed by atoms with van der Waals surface area (Å²) in [5.74, 6) is 1.10. The molecule has 1 aromatic carbocycles.